The monoisotopic (exact) mass is 484 g/mol. The highest BCUT2D eigenvalue weighted by atomic mass is 31.2. The van der Waals surface area contributed by atoms with Crippen molar-refractivity contribution in [3.63, 3.8) is 0 Å². The van der Waals surface area contributed by atoms with Crippen LogP contribution in [0, 0.1) is 6.92 Å². The van der Waals surface area contributed by atoms with E-state index in [1.807, 2.05) is 0 Å². The first-order valence-electron chi connectivity index (χ1n) is 9.75. The van der Waals surface area contributed by atoms with E-state index in [0.717, 1.165) is 4.57 Å². The highest BCUT2D eigenvalue weighted by Gasteiger charge is 2.46. The second kappa shape index (κ2) is 12.7. The minimum atomic E-state index is -4.81. The number of phosphoric ester groups is 1. The number of rotatable bonds is 14. The van der Waals surface area contributed by atoms with Gasteiger partial charge in [0.2, 0.25) is 0 Å². The van der Waals surface area contributed by atoms with Crippen LogP contribution in [0.5, 0.6) is 0 Å². The summed E-state index contributed by atoms with van der Waals surface area (Å²) >= 11 is 0. The zero-order chi connectivity index (χ0) is 23.7. The van der Waals surface area contributed by atoms with Crippen LogP contribution in [0.3, 0.4) is 0 Å². The third kappa shape index (κ3) is 8.15. The molecule has 0 aromatic carbocycles. The number of ether oxygens (including phenoxy) is 5. The fourth-order valence-electron chi connectivity index (χ4n) is 2.91. The Morgan fingerprint density at radius 3 is 2.38 bits per heavy atom. The van der Waals surface area contributed by atoms with Gasteiger partial charge in [0.05, 0.1) is 46.2 Å². The van der Waals surface area contributed by atoms with Crippen LogP contribution in [0.25, 0.3) is 0 Å². The number of methoxy groups -OCH3 is 1. The maximum Gasteiger partial charge on any atom is 0.469 e. The number of hydrogen-bond donors (Lipinski definition) is 4. The van der Waals surface area contributed by atoms with Gasteiger partial charge in [-0.3, -0.25) is 18.9 Å². The average molecular weight is 484 g/mol. The number of aliphatic hydroxyl groups excluding tert-OH is 1. The molecule has 0 bridgehead atoms. The number of nitrogens with zero attached hydrogens (tertiary/aromatic N) is 1. The van der Waals surface area contributed by atoms with Crippen LogP contribution < -0.4 is 11.2 Å². The summed E-state index contributed by atoms with van der Waals surface area (Å²) in [7, 11) is -3.25. The van der Waals surface area contributed by atoms with E-state index in [2.05, 4.69) is 9.51 Å². The Morgan fingerprint density at radius 1 is 1.12 bits per heavy atom. The number of hydrogen-bond acceptors (Lipinski definition) is 10. The molecule has 1 aliphatic rings. The van der Waals surface area contributed by atoms with Gasteiger partial charge in [-0.2, -0.15) is 0 Å². The van der Waals surface area contributed by atoms with Crippen molar-refractivity contribution in [3.8, 4) is 0 Å². The van der Waals surface area contributed by atoms with E-state index in [9.17, 15) is 19.3 Å². The molecular formula is C17H29N2O12P. The standard InChI is InChI=1S/C17H29N2O12P/c1-11-9-19(17(22)18-15(11)21)16-14(13(20)12(31-16)10-30-32(23,24)25)29-8-7-28-6-5-27-4-3-26-2/h9,12-14,16,20H,3-8,10H2,1-2H3,(H,18,21,22)(H2,23,24,25)/t12-,13-,14-,16-/m1/s1. The maximum absolute atomic E-state index is 12.3. The molecule has 0 amide bonds. The predicted octanol–water partition coefficient (Wildman–Crippen LogP) is -1.72. The molecule has 1 aliphatic heterocycles. The molecule has 32 heavy (non-hydrogen) atoms. The van der Waals surface area contributed by atoms with Crippen molar-refractivity contribution < 1.29 is 47.7 Å². The Balaban J connectivity index is 2.00. The molecule has 0 unspecified atom stereocenters. The largest absolute Gasteiger partial charge is 0.469 e. The fraction of sp³-hybridized carbons (Fsp3) is 0.765. The molecule has 15 heteroatoms. The molecule has 184 valence electrons. The Hall–Kier alpha value is -1.45. The SMILES string of the molecule is COCCOCCOCCO[C@@H]1[C@H](O)[C@@H](COP(=O)(O)O)O[C@H]1n1cc(C)c(=O)[nH]c1=O. The van der Waals surface area contributed by atoms with Crippen molar-refractivity contribution in [2.45, 2.75) is 31.5 Å². The quantitative estimate of drug-likeness (QED) is 0.173. The molecule has 1 aromatic heterocycles. The minimum Gasteiger partial charge on any atom is -0.387 e. The molecule has 0 saturated carbocycles. The van der Waals surface area contributed by atoms with Crippen molar-refractivity contribution >= 4 is 7.82 Å². The summed E-state index contributed by atoms with van der Waals surface area (Å²) in [5.41, 5.74) is -1.16. The Bertz CT molecular complexity index is 868. The smallest absolute Gasteiger partial charge is 0.387 e. The lowest BCUT2D eigenvalue weighted by molar-refractivity contribution is -0.0865. The number of aromatic amines is 1. The van der Waals surface area contributed by atoms with Gasteiger partial charge in [0.1, 0.15) is 18.3 Å². The Kier molecular flexibility index (Phi) is 10.6. The molecule has 0 radical (unpaired) electrons. The number of aromatic nitrogens is 2. The van der Waals surface area contributed by atoms with Crippen LogP contribution >= 0.6 is 7.82 Å². The first kappa shape index (κ1) is 26.8. The molecule has 2 heterocycles. The molecule has 1 fully saturated rings. The van der Waals surface area contributed by atoms with Gasteiger partial charge >= 0.3 is 13.5 Å². The van der Waals surface area contributed by atoms with E-state index < -0.39 is 50.2 Å². The Morgan fingerprint density at radius 2 is 1.75 bits per heavy atom. The second-order valence-electron chi connectivity index (χ2n) is 6.87. The molecule has 4 N–H and O–H groups in total. The number of H-pyrrole nitrogens is 1. The van der Waals surface area contributed by atoms with Gasteiger partial charge in [-0.25, -0.2) is 9.36 Å². The van der Waals surface area contributed by atoms with Crippen LogP contribution in [0.1, 0.15) is 11.8 Å². The molecule has 4 atom stereocenters. The van der Waals surface area contributed by atoms with E-state index in [1.54, 1.807) is 7.11 Å². The normalized spacial score (nSPS) is 23.7. The van der Waals surface area contributed by atoms with Crippen LogP contribution in [-0.4, -0.2) is 96.1 Å². The summed E-state index contributed by atoms with van der Waals surface area (Å²) in [6.07, 6.45) is -3.63. The molecule has 1 saturated heterocycles. The van der Waals surface area contributed by atoms with Gasteiger partial charge in [0, 0.05) is 18.9 Å². The summed E-state index contributed by atoms with van der Waals surface area (Å²) in [6.45, 7) is 2.57. The van der Waals surface area contributed by atoms with Gasteiger partial charge in [0.25, 0.3) is 5.56 Å². The summed E-state index contributed by atoms with van der Waals surface area (Å²) in [5.74, 6) is 0. The summed E-state index contributed by atoms with van der Waals surface area (Å²) in [5, 5.41) is 10.6. The summed E-state index contributed by atoms with van der Waals surface area (Å²) in [6, 6.07) is 0. The van der Waals surface area contributed by atoms with E-state index in [-0.39, 0.29) is 18.8 Å². The highest BCUT2D eigenvalue weighted by molar-refractivity contribution is 7.46. The number of nitrogens with one attached hydrogen (secondary N) is 1. The molecule has 2 rings (SSSR count). The van der Waals surface area contributed by atoms with Crippen LogP contribution in [0.15, 0.2) is 15.8 Å². The minimum absolute atomic E-state index is 0.0167. The second-order valence-corrected chi connectivity index (χ2v) is 8.11. The van der Waals surface area contributed by atoms with E-state index in [4.69, 9.17) is 33.5 Å². The van der Waals surface area contributed by atoms with Gasteiger partial charge in [-0.15, -0.1) is 0 Å². The molecular weight excluding hydrogens is 455 g/mol. The van der Waals surface area contributed by atoms with E-state index >= 15 is 0 Å². The number of aryl methyl sites for hydroxylation is 1. The summed E-state index contributed by atoms with van der Waals surface area (Å²) in [4.78, 5) is 43.9. The van der Waals surface area contributed by atoms with Gasteiger partial charge in [0.15, 0.2) is 6.23 Å². The third-order valence-electron chi connectivity index (χ3n) is 4.48. The predicted molar refractivity (Wildman–Crippen MR) is 107 cm³/mol. The first-order valence-corrected chi connectivity index (χ1v) is 11.3. The molecule has 1 aromatic rings. The lowest BCUT2D eigenvalue weighted by Gasteiger charge is -2.22. The van der Waals surface area contributed by atoms with Crippen LogP contribution in [-0.2, 0) is 32.8 Å². The molecule has 14 nitrogen and oxygen atoms in total. The van der Waals surface area contributed by atoms with E-state index in [0.29, 0.717) is 26.4 Å². The fourth-order valence-corrected chi connectivity index (χ4v) is 3.25. The van der Waals surface area contributed by atoms with Crippen molar-refractivity contribution in [2.24, 2.45) is 0 Å². The topological polar surface area (TPSA) is 188 Å². The highest BCUT2D eigenvalue weighted by Crippen LogP contribution is 2.38. The zero-order valence-corrected chi connectivity index (χ0v) is 18.6. The van der Waals surface area contributed by atoms with Gasteiger partial charge in [-0.1, -0.05) is 0 Å². The van der Waals surface area contributed by atoms with Gasteiger partial charge < -0.3 is 38.6 Å². The van der Waals surface area contributed by atoms with Gasteiger partial charge in [-0.05, 0) is 6.92 Å². The third-order valence-corrected chi connectivity index (χ3v) is 4.97. The number of phosphoric acid groups is 1. The van der Waals surface area contributed by atoms with Crippen molar-refractivity contribution in [1.82, 2.24) is 9.55 Å². The lowest BCUT2D eigenvalue weighted by Crippen LogP contribution is -2.40. The van der Waals surface area contributed by atoms with Crippen molar-refractivity contribution in [1.29, 1.82) is 0 Å². The van der Waals surface area contributed by atoms with Crippen molar-refractivity contribution in [2.75, 3.05) is 53.4 Å². The lowest BCUT2D eigenvalue weighted by atomic mass is 10.1. The summed E-state index contributed by atoms with van der Waals surface area (Å²) < 4.78 is 43.2. The number of aliphatic hydroxyl groups is 1. The van der Waals surface area contributed by atoms with Crippen LogP contribution in [0.4, 0.5) is 0 Å². The van der Waals surface area contributed by atoms with E-state index in [1.165, 1.54) is 13.1 Å². The Labute approximate surface area is 183 Å². The van der Waals surface area contributed by atoms with Crippen molar-refractivity contribution in [3.05, 3.63) is 32.6 Å². The van der Waals surface area contributed by atoms with Crippen LogP contribution in [0.2, 0.25) is 0 Å². The maximum atomic E-state index is 12.3. The molecule has 0 spiro atoms. The average Bonchev–Trinajstić information content (AvgIpc) is 3.03. The zero-order valence-electron chi connectivity index (χ0n) is 17.7. The first-order chi connectivity index (χ1) is 15.1. The molecule has 0 aliphatic carbocycles.